The van der Waals surface area contributed by atoms with E-state index in [0.29, 0.717) is 0 Å². The Morgan fingerprint density at radius 3 is 1.50 bits per heavy atom. The second kappa shape index (κ2) is 5.16. The molecular weight excluding hydrogens is 172 g/mol. The lowest BCUT2D eigenvalue weighted by Crippen LogP contribution is -2.15. The van der Waals surface area contributed by atoms with E-state index in [-0.39, 0.29) is 6.10 Å². The molecule has 0 atom stereocenters. The van der Waals surface area contributed by atoms with E-state index >= 15 is 0 Å². The highest BCUT2D eigenvalue weighted by atomic mass is 16.3. The predicted molar refractivity (Wildman–Crippen MR) is 59.2 cm³/mol. The zero-order valence-corrected chi connectivity index (χ0v) is 9.25. The minimum absolute atomic E-state index is 0.0150. The molecule has 0 aromatic carbocycles. The van der Waals surface area contributed by atoms with E-state index < -0.39 is 0 Å². The van der Waals surface area contributed by atoms with Crippen molar-refractivity contribution >= 4 is 0 Å². The third-order valence-corrected chi connectivity index (χ3v) is 4.16. The molecule has 0 bridgehead atoms. The molecule has 0 amide bonds. The zero-order valence-electron chi connectivity index (χ0n) is 9.25. The van der Waals surface area contributed by atoms with Gasteiger partial charge in [0.15, 0.2) is 0 Å². The Morgan fingerprint density at radius 2 is 1.14 bits per heavy atom. The van der Waals surface area contributed by atoms with Gasteiger partial charge in [0, 0.05) is 0 Å². The summed E-state index contributed by atoms with van der Waals surface area (Å²) in [6.07, 6.45) is 13.3. The fourth-order valence-electron chi connectivity index (χ4n) is 3.36. The Bertz CT molecular complexity index is 137. The Hall–Kier alpha value is -0.0400. The molecule has 1 nitrogen and oxygen atoms in total. The SMILES string of the molecule is OC(CC1CCCC1)CC1CCCC1. The molecule has 82 valence electrons. The van der Waals surface area contributed by atoms with Gasteiger partial charge >= 0.3 is 0 Å². The standard InChI is InChI=1S/C13H24O/c14-13(9-11-5-1-2-6-11)10-12-7-3-4-8-12/h11-14H,1-10H2. The van der Waals surface area contributed by atoms with Gasteiger partial charge in [-0.25, -0.2) is 0 Å². The topological polar surface area (TPSA) is 20.2 Å². The molecule has 0 spiro atoms. The maximum absolute atomic E-state index is 9.97. The first-order valence-corrected chi connectivity index (χ1v) is 6.52. The van der Waals surface area contributed by atoms with Crippen LogP contribution < -0.4 is 0 Å². The molecule has 0 unspecified atom stereocenters. The van der Waals surface area contributed by atoms with Crippen molar-refractivity contribution in [3.63, 3.8) is 0 Å². The van der Waals surface area contributed by atoms with Crippen LogP contribution in [0.25, 0.3) is 0 Å². The van der Waals surface area contributed by atoms with Gasteiger partial charge in [0.25, 0.3) is 0 Å². The fraction of sp³-hybridized carbons (Fsp3) is 1.00. The van der Waals surface area contributed by atoms with E-state index in [0.717, 1.165) is 24.7 Å². The summed E-state index contributed by atoms with van der Waals surface area (Å²) in [5.74, 6) is 1.71. The monoisotopic (exact) mass is 196 g/mol. The van der Waals surface area contributed by atoms with Crippen LogP contribution in [0.1, 0.15) is 64.2 Å². The van der Waals surface area contributed by atoms with Crippen LogP contribution in [0.15, 0.2) is 0 Å². The van der Waals surface area contributed by atoms with Gasteiger partial charge in [-0.1, -0.05) is 51.4 Å². The molecule has 1 heteroatoms. The van der Waals surface area contributed by atoms with E-state index in [4.69, 9.17) is 0 Å². The molecule has 0 aliphatic heterocycles. The highest BCUT2D eigenvalue weighted by Gasteiger charge is 2.22. The number of rotatable bonds is 4. The molecule has 2 aliphatic carbocycles. The molecule has 2 aliphatic rings. The third kappa shape index (κ3) is 2.98. The number of hydrogen-bond acceptors (Lipinski definition) is 1. The summed E-state index contributed by atoms with van der Waals surface area (Å²) >= 11 is 0. The summed E-state index contributed by atoms with van der Waals surface area (Å²) in [4.78, 5) is 0. The number of hydrogen-bond donors (Lipinski definition) is 1. The summed E-state index contributed by atoms with van der Waals surface area (Å²) < 4.78 is 0. The first-order valence-electron chi connectivity index (χ1n) is 6.52. The smallest absolute Gasteiger partial charge is 0.0545 e. The second-order valence-electron chi connectivity index (χ2n) is 5.43. The number of aliphatic hydroxyl groups excluding tert-OH is 1. The predicted octanol–water partition coefficient (Wildman–Crippen LogP) is 3.51. The lowest BCUT2D eigenvalue weighted by Gasteiger charge is -2.18. The van der Waals surface area contributed by atoms with Gasteiger partial charge in [0.1, 0.15) is 0 Å². The summed E-state index contributed by atoms with van der Waals surface area (Å²) in [5, 5.41) is 9.97. The summed E-state index contributed by atoms with van der Waals surface area (Å²) in [6, 6.07) is 0. The van der Waals surface area contributed by atoms with E-state index in [1.54, 1.807) is 0 Å². The first kappa shape index (κ1) is 10.5. The molecule has 2 fully saturated rings. The van der Waals surface area contributed by atoms with Gasteiger partial charge in [-0.3, -0.25) is 0 Å². The Balaban J connectivity index is 1.64. The van der Waals surface area contributed by atoms with Gasteiger partial charge in [-0.2, -0.15) is 0 Å². The van der Waals surface area contributed by atoms with Crippen LogP contribution in [0, 0.1) is 11.8 Å². The second-order valence-corrected chi connectivity index (χ2v) is 5.43. The molecule has 0 radical (unpaired) electrons. The van der Waals surface area contributed by atoms with Crippen LogP contribution in [0.3, 0.4) is 0 Å². The minimum Gasteiger partial charge on any atom is -0.393 e. The molecule has 1 N–H and O–H groups in total. The van der Waals surface area contributed by atoms with Crippen LogP contribution in [-0.2, 0) is 0 Å². The van der Waals surface area contributed by atoms with Crippen molar-refractivity contribution in [2.24, 2.45) is 11.8 Å². The van der Waals surface area contributed by atoms with Crippen LogP contribution in [0.5, 0.6) is 0 Å². The van der Waals surface area contributed by atoms with Gasteiger partial charge in [0.2, 0.25) is 0 Å². The molecule has 2 rings (SSSR count). The molecule has 0 aromatic heterocycles. The van der Waals surface area contributed by atoms with Crippen molar-refractivity contribution in [2.75, 3.05) is 0 Å². The van der Waals surface area contributed by atoms with Gasteiger partial charge in [-0.15, -0.1) is 0 Å². The van der Waals surface area contributed by atoms with Crippen LogP contribution >= 0.6 is 0 Å². The average molecular weight is 196 g/mol. The highest BCUT2D eigenvalue weighted by molar-refractivity contribution is 4.75. The van der Waals surface area contributed by atoms with E-state index in [9.17, 15) is 5.11 Å². The van der Waals surface area contributed by atoms with Crippen molar-refractivity contribution in [3.05, 3.63) is 0 Å². The summed E-state index contributed by atoms with van der Waals surface area (Å²) in [7, 11) is 0. The van der Waals surface area contributed by atoms with Crippen molar-refractivity contribution in [2.45, 2.75) is 70.3 Å². The lowest BCUT2D eigenvalue weighted by atomic mass is 9.92. The van der Waals surface area contributed by atoms with Crippen molar-refractivity contribution in [1.29, 1.82) is 0 Å². The van der Waals surface area contributed by atoms with Gasteiger partial charge in [-0.05, 0) is 24.7 Å². The largest absolute Gasteiger partial charge is 0.393 e. The lowest BCUT2D eigenvalue weighted by molar-refractivity contribution is 0.115. The molecule has 2 saturated carbocycles. The molecule has 0 heterocycles. The molecule has 0 aromatic rings. The highest BCUT2D eigenvalue weighted by Crippen LogP contribution is 2.33. The molecular formula is C13H24O. The van der Waals surface area contributed by atoms with E-state index in [1.807, 2.05) is 0 Å². The summed E-state index contributed by atoms with van der Waals surface area (Å²) in [6.45, 7) is 0. The van der Waals surface area contributed by atoms with Crippen LogP contribution in [0.2, 0.25) is 0 Å². The third-order valence-electron chi connectivity index (χ3n) is 4.16. The minimum atomic E-state index is 0.0150. The van der Waals surface area contributed by atoms with Crippen molar-refractivity contribution in [3.8, 4) is 0 Å². The van der Waals surface area contributed by atoms with Crippen molar-refractivity contribution in [1.82, 2.24) is 0 Å². The summed E-state index contributed by atoms with van der Waals surface area (Å²) in [5.41, 5.74) is 0. The zero-order chi connectivity index (χ0) is 9.80. The van der Waals surface area contributed by atoms with Gasteiger partial charge in [0.05, 0.1) is 6.10 Å². The van der Waals surface area contributed by atoms with Crippen LogP contribution in [0.4, 0.5) is 0 Å². The van der Waals surface area contributed by atoms with Crippen molar-refractivity contribution < 1.29 is 5.11 Å². The Morgan fingerprint density at radius 1 is 0.786 bits per heavy atom. The number of aliphatic hydroxyl groups is 1. The normalized spacial score (nSPS) is 25.3. The Labute approximate surface area is 87.9 Å². The maximum Gasteiger partial charge on any atom is 0.0545 e. The molecule has 0 saturated heterocycles. The van der Waals surface area contributed by atoms with E-state index in [2.05, 4.69) is 0 Å². The average Bonchev–Trinajstić information content (AvgIpc) is 2.76. The fourth-order valence-corrected chi connectivity index (χ4v) is 3.36. The Kier molecular flexibility index (Phi) is 3.86. The first-order chi connectivity index (χ1) is 6.84. The maximum atomic E-state index is 9.97. The molecule has 14 heavy (non-hydrogen) atoms. The van der Waals surface area contributed by atoms with Crippen LogP contribution in [-0.4, -0.2) is 11.2 Å². The van der Waals surface area contributed by atoms with E-state index in [1.165, 1.54) is 51.4 Å². The quantitative estimate of drug-likeness (QED) is 0.729. The van der Waals surface area contributed by atoms with Gasteiger partial charge < -0.3 is 5.11 Å².